The van der Waals surface area contributed by atoms with E-state index in [1.54, 1.807) is 36.4 Å². The summed E-state index contributed by atoms with van der Waals surface area (Å²) in [6.07, 6.45) is 7.25. The number of hydrogen-bond acceptors (Lipinski definition) is 6. The van der Waals surface area contributed by atoms with Crippen LogP contribution in [0.25, 0.3) is 21.2 Å². The molecular formula is C31H32ClF2N3O4S2. The number of ether oxygens (including phenoxy) is 1. The maximum atomic E-state index is 14.7. The average molecular weight is 648 g/mol. The van der Waals surface area contributed by atoms with Crippen molar-refractivity contribution in [3.8, 4) is 16.9 Å². The zero-order valence-corrected chi connectivity index (χ0v) is 26.4. The number of methoxy groups -OCH3 is 1. The molecule has 228 valence electrons. The number of thiophene rings is 1. The van der Waals surface area contributed by atoms with E-state index in [1.165, 1.54) is 0 Å². The molecular weight excluding hydrogens is 616 g/mol. The van der Waals surface area contributed by atoms with Crippen LogP contribution in [0.1, 0.15) is 54.3 Å². The summed E-state index contributed by atoms with van der Waals surface area (Å²) in [7, 11) is -1.91. The summed E-state index contributed by atoms with van der Waals surface area (Å²) >= 11 is 7.43. The highest BCUT2D eigenvalue weighted by Crippen LogP contribution is 2.41. The van der Waals surface area contributed by atoms with Gasteiger partial charge in [0.15, 0.2) is 0 Å². The number of benzene rings is 2. The SMILES string of the molecule is CCC1CCC(N(Cc2cc(-c3ccc(NS(C)(=O)=O)nc3)ccc2OC)C(=O)c2sc3c(F)ccc(F)c3c2Cl)CC1. The zero-order chi connectivity index (χ0) is 30.9. The monoisotopic (exact) mass is 647 g/mol. The number of nitrogens with one attached hydrogen (secondary N) is 1. The normalized spacial score (nSPS) is 17.2. The molecule has 2 heterocycles. The molecule has 0 unspecified atom stereocenters. The van der Waals surface area contributed by atoms with Crippen molar-refractivity contribution < 1.29 is 26.7 Å². The molecule has 0 spiro atoms. The summed E-state index contributed by atoms with van der Waals surface area (Å²) in [5.74, 6) is -0.310. The van der Waals surface area contributed by atoms with Gasteiger partial charge in [-0.25, -0.2) is 22.2 Å². The van der Waals surface area contributed by atoms with Gasteiger partial charge in [-0.15, -0.1) is 11.3 Å². The van der Waals surface area contributed by atoms with Gasteiger partial charge in [0.1, 0.15) is 28.1 Å². The van der Waals surface area contributed by atoms with Gasteiger partial charge in [-0.1, -0.05) is 31.0 Å². The topological polar surface area (TPSA) is 88.6 Å². The fourth-order valence-electron chi connectivity index (χ4n) is 5.68. The molecule has 0 bridgehead atoms. The second-order valence-electron chi connectivity index (χ2n) is 10.8. The number of carbonyl (C=O) groups excluding carboxylic acids is 1. The van der Waals surface area contributed by atoms with Crippen molar-refractivity contribution in [1.82, 2.24) is 9.88 Å². The molecule has 2 aromatic heterocycles. The lowest BCUT2D eigenvalue weighted by Gasteiger charge is -2.37. The highest BCUT2D eigenvalue weighted by atomic mass is 35.5. The number of rotatable bonds is 9. The van der Waals surface area contributed by atoms with E-state index < -0.39 is 21.7 Å². The summed E-state index contributed by atoms with van der Waals surface area (Å²) in [5, 5.41) is -0.158. The van der Waals surface area contributed by atoms with Gasteiger partial charge >= 0.3 is 0 Å². The summed E-state index contributed by atoms with van der Waals surface area (Å²) < 4.78 is 60.5. The molecule has 0 saturated heterocycles. The van der Waals surface area contributed by atoms with E-state index in [0.29, 0.717) is 11.7 Å². The fraction of sp³-hybridized carbons (Fsp3) is 0.355. The van der Waals surface area contributed by atoms with Gasteiger partial charge in [-0.05, 0) is 73.6 Å². The van der Waals surface area contributed by atoms with Crippen LogP contribution in [0.4, 0.5) is 14.6 Å². The van der Waals surface area contributed by atoms with E-state index >= 15 is 0 Å². The first-order valence-corrected chi connectivity index (χ1v) is 17.1. The van der Waals surface area contributed by atoms with Crippen molar-refractivity contribution in [2.75, 3.05) is 18.1 Å². The van der Waals surface area contributed by atoms with E-state index in [-0.39, 0.29) is 44.3 Å². The van der Waals surface area contributed by atoms with Gasteiger partial charge in [0, 0.05) is 29.9 Å². The second-order valence-corrected chi connectivity index (χ2v) is 14.0. The molecule has 0 aliphatic heterocycles. The van der Waals surface area contributed by atoms with Crippen LogP contribution >= 0.6 is 22.9 Å². The number of halogens is 3. The van der Waals surface area contributed by atoms with Crippen LogP contribution in [0.2, 0.25) is 5.02 Å². The Hall–Kier alpha value is -3.28. The molecule has 1 saturated carbocycles. The maximum Gasteiger partial charge on any atom is 0.266 e. The predicted octanol–water partition coefficient (Wildman–Crippen LogP) is 7.89. The molecule has 7 nitrogen and oxygen atoms in total. The second kappa shape index (κ2) is 12.8. The Bertz CT molecular complexity index is 1760. The van der Waals surface area contributed by atoms with Crippen molar-refractivity contribution in [1.29, 1.82) is 0 Å². The minimum absolute atomic E-state index is 0.0175. The number of fused-ring (bicyclic) bond motifs is 1. The summed E-state index contributed by atoms with van der Waals surface area (Å²) in [6.45, 7) is 2.36. The number of anilines is 1. The number of aromatic nitrogens is 1. The molecule has 4 aromatic rings. The van der Waals surface area contributed by atoms with Crippen molar-refractivity contribution in [3.63, 3.8) is 0 Å². The number of pyridine rings is 1. The van der Waals surface area contributed by atoms with Gasteiger partial charge in [0.2, 0.25) is 10.0 Å². The van der Waals surface area contributed by atoms with Gasteiger partial charge in [0.05, 0.1) is 28.5 Å². The molecule has 0 atom stereocenters. The zero-order valence-electron chi connectivity index (χ0n) is 24.0. The molecule has 5 rings (SSSR count). The van der Waals surface area contributed by atoms with Crippen LogP contribution < -0.4 is 9.46 Å². The van der Waals surface area contributed by atoms with Crippen LogP contribution in [0.15, 0.2) is 48.7 Å². The van der Waals surface area contributed by atoms with E-state index in [4.69, 9.17) is 16.3 Å². The minimum Gasteiger partial charge on any atom is -0.496 e. The maximum absolute atomic E-state index is 14.7. The van der Waals surface area contributed by atoms with E-state index in [0.717, 1.165) is 78.5 Å². The van der Waals surface area contributed by atoms with Crippen molar-refractivity contribution >= 4 is 54.8 Å². The van der Waals surface area contributed by atoms with E-state index in [2.05, 4.69) is 16.6 Å². The smallest absolute Gasteiger partial charge is 0.266 e. The van der Waals surface area contributed by atoms with Crippen LogP contribution in [-0.2, 0) is 16.6 Å². The Labute approximate surface area is 258 Å². The minimum atomic E-state index is -3.46. The quantitative estimate of drug-likeness (QED) is 0.200. The molecule has 12 heteroatoms. The first-order chi connectivity index (χ1) is 20.5. The Morgan fingerprint density at radius 2 is 1.79 bits per heavy atom. The highest BCUT2D eigenvalue weighted by Gasteiger charge is 2.33. The first kappa shape index (κ1) is 31.2. The van der Waals surface area contributed by atoms with Crippen molar-refractivity contribution in [3.05, 3.63) is 75.8 Å². The molecule has 1 fully saturated rings. The van der Waals surface area contributed by atoms with Crippen molar-refractivity contribution in [2.24, 2.45) is 5.92 Å². The molecule has 43 heavy (non-hydrogen) atoms. The number of sulfonamides is 1. The Balaban J connectivity index is 1.52. The summed E-state index contributed by atoms with van der Waals surface area (Å²) in [4.78, 5) is 20.3. The van der Waals surface area contributed by atoms with Crippen molar-refractivity contribution in [2.45, 2.75) is 51.6 Å². The molecule has 2 aromatic carbocycles. The third kappa shape index (κ3) is 6.78. The Morgan fingerprint density at radius 1 is 1.09 bits per heavy atom. The lowest BCUT2D eigenvalue weighted by molar-refractivity contribution is 0.0591. The predicted molar refractivity (Wildman–Crippen MR) is 167 cm³/mol. The molecule has 1 N–H and O–H groups in total. The number of hydrogen-bond donors (Lipinski definition) is 1. The van der Waals surface area contributed by atoms with Gasteiger partial charge in [-0.2, -0.15) is 0 Å². The summed E-state index contributed by atoms with van der Waals surface area (Å²) in [5.41, 5.74) is 2.27. The van der Waals surface area contributed by atoms with Gasteiger partial charge in [-0.3, -0.25) is 9.52 Å². The van der Waals surface area contributed by atoms with E-state index in [1.807, 2.05) is 12.1 Å². The molecule has 1 aliphatic carbocycles. The molecule has 1 aliphatic rings. The van der Waals surface area contributed by atoms with Crippen LogP contribution in [0.3, 0.4) is 0 Å². The lowest BCUT2D eigenvalue weighted by Crippen LogP contribution is -2.41. The summed E-state index contributed by atoms with van der Waals surface area (Å²) in [6, 6.07) is 10.9. The third-order valence-electron chi connectivity index (χ3n) is 7.98. The van der Waals surface area contributed by atoms with Gasteiger partial charge in [0.25, 0.3) is 5.91 Å². The van der Waals surface area contributed by atoms with Gasteiger partial charge < -0.3 is 9.64 Å². The molecule has 0 radical (unpaired) electrons. The lowest BCUT2D eigenvalue weighted by atomic mass is 9.83. The van der Waals surface area contributed by atoms with Crippen LogP contribution in [-0.4, -0.2) is 43.6 Å². The number of nitrogens with zero attached hydrogens (tertiary/aromatic N) is 2. The third-order valence-corrected chi connectivity index (χ3v) is 10.2. The fourth-order valence-corrected chi connectivity index (χ4v) is 7.68. The average Bonchev–Trinajstić information content (AvgIpc) is 3.35. The van der Waals surface area contributed by atoms with E-state index in [9.17, 15) is 22.0 Å². The Kier molecular flexibility index (Phi) is 9.24. The standard InChI is InChI=1S/C31H32ClF2N3O4S2/c1-4-18-5-9-22(10-6-18)37(31(38)30-28(32)27-23(33)11-12-24(34)29(27)42-30)17-21-15-19(7-13-25(21)41-2)20-8-14-26(35-16-20)36-43(3,39)40/h7-8,11-16,18,22H,4-6,9-10,17H2,1-3H3,(H,35,36). The largest absolute Gasteiger partial charge is 0.496 e. The number of amides is 1. The van der Waals surface area contributed by atoms with Crippen LogP contribution in [0.5, 0.6) is 5.75 Å². The first-order valence-electron chi connectivity index (χ1n) is 14.0. The molecule has 1 amide bonds. The van der Waals surface area contributed by atoms with Crippen LogP contribution in [0, 0.1) is 17.6 Å². The Morgan fingerprint density at radius 3 is 2.40 bits per heavy atom. The number of carbonyl (C=O) groups is 1. The highest BCUT2D eigenvalue weighted by molar-refractivity contribution is 7.92.